The smallest absolute Gasteiger partial charge is 0.194 e. The average Bonchev–Trinajstić information content (AvgIpc) is 2.45. The first-order valence-electron chi connectivity index (χ1n) is 6.97. The first kappa shape index (κ1) is 16.4. The van der Waals surface area contributed by atoms with Crippen molar-refractivity contribution < 1.29 is 0 Å². The van der Waals surface area contributed by atoms with Crippen molar-refractivity contribution >= 4 is 23.3 Å². The first-order chi connectivity index (χ1) is 9.72. The zero-order valence-electron chi connectivity index (χ0n) is 11.9. The molecule has 5 nitrogen and oxygen atoms in total. The van der Waals surface area contributed by atoms with E-state index in [0.717, 1.165) is 44.5 Å². The van der Waals surface area contributed by atoms with E-state index in [4.69, 9.17) is 18.0 Å². The summed E-state index contributed by atoms with van der Waals surface area (Å²) in [6.07, 6.45) is 5.84. The predicted molar refractivity (Wildman–Crippen MR) is 87.7 cm³/mol. The quantitative estimate of drug-likeness (QED) is 0.308. The van der Waals surface area contributed by atoms with Crippen LogP contribution in [0.2, 0.25) is 0 Å². The second kappa shape index (κ2) is 10.1. The van der Waals surface area contributed by atoms with E-state index >= 15 is 0 Å². The van der Waals surface area contributed by atoms with Crippen LogP contribution in [0.25, 0.3) is 0 Å². The molecule has 0 aromatic carbocycles. The number of nitrogens with one attached hydrogen (secondary N) is 2. The van der Waals surface area contributed by atoms with Gasteiger partial charge in [-0.15, -0.1) is 0 Å². The van der Waals surface area contributed by atoms with Crippen LogP contribution in [0.5, 0.6) is 0 Å². The van der Waals surface area contributed by atoms with Gasteiger partial charge in [0.25, 0.3) is 0 Å². The van der Waals surface area contributed by atoms with Crippen molar-refractivity contribution in [2.45, 2.75) is 32.6 Å². The van der Waals surface area contributed by atoms with Gasteiger partial charge in [0, 0.05) is 25.0 Å². The lowest BCUT2D eigenvalue weighted by molar-refractivity contribution is 0.756. The third-order valence-electron chi connectivity index (χ3n) is 2.66. The van der Waals surface area contributed by atoms with Crippen LogP contribution in [0.4, 0.5) is 0 Å². The monoisotopic (exact) mass is 293 g/mol. The average molecular weight is 293 g/mol. The maximum atomic E-state index is 5.71. The molecule has 0 fully saturated rings. The van der Waals surface area contributed by atoms with Crippen LogP contribution in [0.3, 0.4) is 0 Å². The van der Waals surface area contributed by atoms with Crippen molar-refractivity contribution in [3.63, 3.8) is 0 Å². The number of nitrogens with two attached hydrogens (primary N) is 1. The van der Waals surface area contributed by atoms with Gasteiger partial charge in [-0.2, -0.15) is 0 Å². The topological polar surface area (TPSA) is 75.3 Å². The second-order valence-electron chi connectivity index (χ2n) is 4.43. The normalized spacial score (nSPS) is 11.2. The molecule has 1 aromatic rings. The van der Waals surface area contributed by atoms with Crippen molar-refractivity contribution in [3.05, 3.63) is 30.1 Å². The number of aromatic nitrogens is 1. The molecule has 1 rings (SSSR count). The molecule has 0 bridgehead atoms. The molecule has 0 aliphatic carbocycles. The number of thiocarbonyl (C=S) groups is 1. The van der Waals surface area contributed by atoms with Crippen LogP contribution in [-0.4, -0.2) is 29.1 Å². The summed E-state index contributed by atoms with van der Waals surface area (Å²) < 4.78 is 0. The summed E-state index contributed by atoms with van der Waals surface area (Å²) in [6.45, 7) is 3.63. The van der Waals surface area contributed by atoms with Gasteiger partial charge < -0.3 is 16.4 Å². The van der Waals surface area contributed by atoms with Crippen molar-refractivity contribution in [1.82, 2.24) is 15.6 Å². The van der Waals surface area contributed by atoms with E-state index in [9.17, 15) is 0 Å². The molecule has 1 aromatic heterocycles. The van der Waals surface area contributed by atoms with Crippen LogP contribution in [0.1, 0.15) is 31.9 Å². The van der Waals surface area contributed by atoms with Crippen LogP contribution >= 0.6 is 12.2 Å². The molecule has 0 atom stereocenters. The number of nitrogens with zero attached hydrogens (tertiary/aromatic N) is 2. The van der Waals surface area contributed by atoms with Gasteiger partial charge in [0.15, 0.2) is 11.1 Å². The highest BCUT2D eigenvalue weighted by molar-refractivity contribution is 7.80. The minimum atomic E-state index is 0.376. The third kappa shape index (κ3) is 7.68. The molecule has 0 spiro atoms. The van der Waals surface area contributed by atoms with Crippen molar-refractivity contribution in [1.29, 1.82) is 0 Å². The fraction of sp³-hybridized carbons (Fsp3) is 0.500. The van der Waals surface area contributed by atoms with E-state index in [-0.39, 0.29) is 0 Å². The number of hydrogen-bond donors (Lipinski definition) is 3. The largest absolute Gasteiger partial charge is 0.370 e. The van der Waals surface area contributed by atoms with Gasteiger partial charge in [-0.1, -0.05) is 19.4 Å². The molecule has 0 saturated heterocycles. The van der Waals surface area contributed by atoms with Gasteiger partial charge in [0.05, 0.1) is 0 Å². The van der Waals surface area contributed by atoms with E-state index < -0.39 is 0 Å². The highest BCUT2D eigenvalue weighted by Crippen LogP contribution is 1.96. The number of hydrogen-bond acceptors (Lipinski definition) is 3. The van der Waals surface area contributed by atoms with Crippen LogP contribution in [-0.2, 0) is 6.42 Å². The maximum Gasteiger partial charge on any atom is 0.194 e. The molecule has 20 heavy (non-hydrogen) atoms. The Labute approximate surface area is 126 Å². The lowest BCUT2D eigenvalue weighted by Crippen LogP contribution is -2.43. The molecule has 0 aliphatic heterocycles. The molecule has 0 radical (unpaired) electrons. The van der Waals surface area contributed by atoms with Gasteiger partial charge in [-0.25, -0.2) is 0 Å². The second-order valence-corrected chi connectivity index (χ2v) is 4.83. The van der Waals surface area contributed by atoms with Crippen LogP contribution in [0, 0.1) is 0 Å². The molecule has 6 heteroatoms. The summed E-state index contributed by atoms with van der Waals surface area (Å²) in [5.74, 6) is 0.376. The van der Waals surface area contributed by atoms with E-state index in [1.807, 2.05) is 24.4 Å². The highest BCUT2D eigenvalue weighted by atomic mass is 32.1. The summed E-state index contributed by atoms with van der Waals surface area (Å²) in [7, 11) is 0. The maximum absolute atomic E-state index is 5.71. The Hall–Kier alpha value is -1.69. The van der Waals surface area contributed by atoms with Gasteiger partial charge in [-0.3, -0.25) is 9.98 Å². The van der Waals surface area contributed by atoms with Crippen molar-refractivity contribution in [2.75, 3.05) is 13.1 Å². The zero-order chi connectivity index (χ0) is 14.6. The third-order valence-corrected chi connectivity index (χ3v) is 2.90. The van der Waals surface area contributed by atoms with Crippen molar-refractivity contribution in [2.24, 2.45) is 10.7 Å². The van der Waals surface area contributed by atoms with Gasteiger partial charge >= 0.3 is 0 Å². The predicted octanol–water partition coefficient (Wildman–Crippen LogP) is 1.59. The Kier molecular flexibility index (Phi) is 8.30. The number of unbranched alkanes of at least 4 members (excludes halogenated alkanes) is 1. The zero-order valence-corrected chi connectivity index (χ0v) is 12.7. The van der Waals surface area contributed by atoms with E-state index in [1.54, 1.807) is 0 Å². The Balaban J connectivity index is 2.12. The van der Waals surface area contributed by atoms with Crippen molar-refractivity contribution in [3.8, 4) is 0 Å². The Morgan fingerprint density at radius 3 is 2.95 bits per heavy atom. The van der Waals surface area contributed by atoms with Crippen LogP contribution < -0.4 is 16.4 Å². The molecule has 0 unspecified atom stereocenters. The number of guanidine groups is 1. The van der Waals surface area contributed by atoms with Crippen LogP contribution in [0.15, 0.2) is 29.4 Å². The molecule has 0 aliphatic rings. The minimum absolute atomic E-state index is 0.376. The molecular formula is C14H23N5S. The molecular weight excluding hydrogens is 270 g/mol. The number of aryl methyl sites for hydroxylation is 1. The molecule has 110 valence electrons. The lowest BCUT2D eigenvalue weighted by atomic mass is 10.2. The molecule has 4 N–H and O–H groups in total. The fourth-order valence-corrected chi connectivity index (χ4v) is 1.78. The summed E-state index contributed by atoms with van der Waals surface area (Å²) in [5, 5.41) is 6.49. The van der Waals surface area contributed by atoms with Gasteiger partial charge in [0.1, 0.15) is 0 Å². The first-order valence-corrected chi connectivity index (χ1v) is 7.38. The molecule has 0 amide bonds. The summed E-state index contributed by atoms with van der Waals surface area (Å²) in [4.78, 5) is 8.45. The number of pyridine rings is 1. The Morgan fingerprint density at radius 2 is 2.25 bits per heavy atom. The van der Waals surface area contributed by atoms with E-state index in [1.165, 1.54) is 0 Å². The lowest BCUT2D eigenvalue weighted by Gasteiger charge is -2.09. The Morgan fingerprint density at radius 1 is 1.40 bits per heavy atom. The van der Waals surface area contributed by atoms with Gasteiger partial charge in [-0.05, 0) is 43.6 Å². The summed E-state index contributed by atoms with van der Waals surface area (Å²) in [5.41, 5.74) is 6.80. The molecule has 0 saturated carbocycles. The SMILES string of the molecule is CCCCN=C(N)NC(=S)NCCCc1ccccn1. The number of aliphatic imine (C=N–C) groups is 1. The molecule has 1 heterocycles. The standard InChI is InChI=1S/C14H23N5S/c1-2-3-9-17-13(15)19-14(20)18-11-6-8-12-7-4-5-10-16-12/h4-5,7,10H,2-3,6,8-9,11H2,1H3,(H4,15,17,18,19,20). The number of rotatable bonds is 7. The minimum Gasteiger partial charge on any atom is -0.370 e. The van der Waals surface area contributed by atoms with E-state index in [0.29, 0.717) is 11.1 Å². The fourth-order valence-electron chi connectivity index (χ4n) is 1.58. The summed E-state index contributed by atoms with van der Waals surface area (Å²) in [6, 6.07) is 5.94. The highest BCUT2D eigenvalue weighted by Gasteiger charge is 1.98. The van der Waals surface area contributed by atoms with E-state index in [2.05, 4.69) is 27.5 Å². The Bertz CT molecular complexity index is 419. The van der Waals surface area contributed by atoms with Gasteiger partial charge in [0.2, 0.25) is 0 Å². The summed E-state index contributed by atoms with van der Waals surface area (Å²) >= 11 is 5.14.